The van der Waals surface area contributed by atoms with Gasteiger partial charge in [0.15, 0.2) is 0 Å². The number of nitrogens with zero attached hydrogens (tertiary/aromatic N) is 1. The first-order valence-corrected chi connectivity index (χ1v) is 7.62. The summed E-state index contributed by atoms with van der Waals surface area (Å²) < 4.78 is 1.06. The predicted octanol–water partition coefficient (Wildman–Crippen LogP) is 4.11. The average Bonchev–Trinajstić information content (AvgIpc) is 2.54. The number of aromatic nitrogens is 1. The minimum Gasteiger partial charge on any atom is -0.377 e. The highest BCUT2D eigenvalue weighted by Gasteiger charge is 2.13. The summed E-state index contributed by atoms with van der Waals surface area (Å²) in [5.74, 6) is 0. The Morgan fingerprint density at radius 1 is 1.05 bits per heavy atom. The maximum atomic E-state index is 5.97. The summed E-state index contributed by atoms with van der Waals surface area (Å²) in [6, 6.07) is 16.4. The van der Waals surface area contributed by atoms with Crippen molar-refractivity contribution < 1.29 is 0 Å². The summed E-state index contributed by atoms with van der Waals surface area (Å²) in [5, 5.41) is 5.80. The third-order valence-corrected chi connectivity index (χ3v) is 4.02. The van der Waals surface area contributed by atoms with Crippen LogP contribution in [0.2, 0.25) is 0 Å². The molecule has 0 fully saturated rings. The van der Waals surface area contributed by atoms with Crippen LogP contribution in [0.1, 0.15) is 11.6 Å². The van der Waals surface area contributed by atoms with Gasteiger partial charge in [0.25, 0.3) is 0 Å². The highest BCUT2D eigenvalue weighted by molar-refractivity contribution is 9.10. The zero-order chi connectivity index (χ0) is 14.7. The number of hydrogen-bond acceptors (Lipinski definition) is 3. The van der Waals surface area contributed by atoms with Crippen molar-refractivity contribution in [2.24, 2.45) is 5.73 Å². The number of benzene rings is 2. The molecule has 0 spiro atoms. The molecule has 0 saturated heterocycles. The summed E-state index contributed by atoms with van der Waals surface area (Å²) in [4.78, 5) is 4.33. The maximum Gasteiger partial charge on any atom is 0.0657 e. The minimum atomic E-state index is 0.0322. The van der Waals surface area contributed by atoms with Crippen LogP contribution in [0.25, 0.3) is 10.8 Å². The molecule has 0 bridgehead atoms. The van der Waals surface area contributed by atoms with Crippen LogP contribution in [0.4, 0.5) is 5.69 Å². The number of nitrogens with one attached hydrogen (secondary N) is 1. The van der Waals surface area contributed by atoms with Gasteiger partial charge in [-0.05, 0) is 29.7 Å². The number of rotatable bonds is 4. The lowest BCUT2D eigenvalue weighted by atomic mass is 10.0. The molecular weight excluding hydrogens is 326 g/mol. The normalized spacial score (nSPS) is 12.3. The Morgan fingerprint density at radius 2 is 1.81 bits per heavy atom. The molecule has 2 aromatic carbocycles. The van der Waals surface area contributed by atoms with E-state index < -0.39 is 0 Å². The largest absolute Gasteiger partial charge is 0.377 e. The van der Waals surface area contributed by atoms with E-state index in [2.05, 4.69) is 38.4 Å². The lowest BCUT2D eigenvalue weighted by molar-refractivity contribution is 0.792. The van der Waals surface area contributed by atoms with Crippen molar-refractivity contribution in [2.75, 3.05) is 11.9 Å². The summed E-state index contributed by atoms with van der Waals surface area (Å²) >= 11 is 3.44. The van der Waals surface area contributed by atoms with E-state index in [0.717, 1.165) is 21.1 Å². The van der Waals surface area contributed by atoms with Crippen LogP contribution < -0.4 is 11.1 Å². The lowest BCUT2D eigenvalue weighted by Crippen LogP contribution is -2.21. The number of anilines is 1. The van der Waals surface area contributed by atoms with Gasteiger partial charge in [0.05, 0.1) is 6.04 Å². The molecule has 3 nitrogen and oxygen atoms in total. The third-order valence-electron chi connectivity index (χ3n) is 3.50. The smallest absolute Gasteiger partial charge is 0.0657 e. The van der Waals surface area contributed by atoms with Crippen molar-refractivity contribution in [1.82, 2.24) is 4.98 Å². The molecule has 0 radical (unpaired) electrons. The first-order valence-electron chi connectivity index (χ1n) is 6.83. The second-order valence-corrected chi connectivity index (χ2v) is 5.81. The first kappa shape index (κ1) is 14.0. The van der Waals surface area contributed by atoms with E-state index in [-0.39, 0.29) is 6.04 Å². The van der Waals surface area contributed by atoms with Crippen LogP contribution in [0.5, 0.6) is 0 Å². The molecule has 4 heteroatoms. The standard InChI is InChI=1S/C17H16BrN3/c18-13-5-7-14(8-6-13)21-17(9-19)16-11-20-10-12-3-1-2-4-15(12)16/h1-8,10-11,17,21H,9,19H2. The van der Waals surface area contributed by atoms with E-state index in [1.807, 2.05) is 48.8 Å². The van der Waals surface area contributed by atoms with E-state index in [9.17, 15) is 0 Å². The molecule has 1 aromatic heterocycles. The summed E-state index contributed by atoms with van der Waals surface area (Å²) in [7, 11) is 0. The van der Waals surface area contributed by atoms with Crippen LogP contribution in [0.3, 0.4) is 0 Å². The average molecular weight is 342 g/mol. The summed E-state index contributed by atoms with van der Waals surface area (Å²) in [6.45, 7) is 0.506. The van der Waals surface area contributed by atoms with Gasteiger partial charge in [-0.1, -0.05) is 40.2 Å². The third kappa shape index (κ3) is 3.06. The van der Waals surface area contributed by atoms with Gasteiger partial charge in [-0.15, -0.1) is 0 Å². The fourth-order valence-electron chi connectivity index (χ4n) is 2.43. The van der Waals surface area contributed by atoms with Crippen LogP contribution in [-0.4, -0.2) is 11.5 Å². The molecule has 0 amide bonds. The van der Waals surface area contributed by atoms with Gasteiger partial charge in [0.1, 0.15) is 0 Å². The molecule has 106 valence electrons. The van der Waals surface area contributed by atoms with Crippen molar-refractivity contribution in [3.8, 4) is 0 Å². The van der Waals surface area contributed by atoms with Gasteiger partial charge in [0.2, 0.25) is 0 Å². The van der Waals surface area contributed by atoms with Crippen molar-refractivity contribution in [3.05, 3.63) is 71.0 Å². The molecule has 0 aliphatic carbocycles. The van der Waals surface area contributed by atoms with Gasteiger partial charge in [-0.3, -0.25) is 4.98 Å². The maximum absolute atomic E-state index is 5.97. The molecule has 3 N–H and O–H groups in total. The van der Waals surface area contributed by atoms with Gasteiger partial charge in [0, 0.05) is 40.0 Å². The Labute approximate surface area is 132 Å². The van der Waals surface area contributed by atoms with E-state index in [0.29, 0.717) is 6.54 Å². The van der Waals surface area contributed by atoms with E-state index in [1.165, 1.54) is 5.39 Å². The van der Waals surface area contributed by atoms with E-state index >= 15 is 0 Å². The van der Waals surface area contributed by atoms with Crippen molar-refractivity contribution >= 4 is 32.4 Å². The Morgan fingerprint density at radius 3 is 2.57 bits per heavy atom. The Kier molecular flexibility index (Phi) is 4.18. The van der Waals surface area contributed by atoms with E-state index in [4.69, 9.17) is 5.73 Å². The molecule has 0 aliphatic rings. The Bertz CT molecular complexity index is 735. The van der Waals surface area contributed by atoms with Crippen LogP contribution >= 0.6 is 15.9 Å². The quantitative estimate of drug-likeness (QED) is 0.750. The number of hydrogen-bond donors (Lipinski definition) is 2. The SMILES string of the molecule is NCC(Nc1ccc(Br)cc1)c1cncc2ccccc12. The highest BCUT2D eigenvalue weighted by Crippen LogP contribution is 2.26. The molecule has 1 heterocycles. The van der Waals surface area contributed by atoms with Crippen molar-refractivity contribution in [2.45, 2.75) is 6.04 Å². The van der Waals surface area contributed by atoms with Crippen LogP contribution in [0.15, 0.2) is 65.4 Å². The number of fused-ring (bicyclic) bond motifs is 1. The Balaban J connectivity index is 1.96. The molecule has 21 heavy (non-hydrogen) atoms. The van der Waals surface area contributed by atoms with Crippen molar-refractivity contribution in [3.63, 3.8) is 0 Å². The number of halogens is 1. The van der Waals surface area contributed by atoms with Crippen LogP contribution in [0, 0.1) is 0 Å². The molecule has 1 atom stereocenters. The fraction of sp³-hybridized carbons (Fsp3) is 0.118. The molecule has 3 aromatic rings. The van der Waals surface area contributed by atoms with Gasteiger partial charge in [-0.2, -0.15) is 0 Å². The van der Waals surface area contributed by atoms with Crippen molar-refractivity contribution in [1.29, 1.82) is 0 Å². The number of nitrogens with two attached hydrogens (primary N) is 1. The summed E-state index contributed by atoms with van der Waals surface area (Å²) in [6.07, 6.45) is 3.78. The molecule has 0 aliphatic heterocycles. The van der Waals surface area contributed by atoms with Crippen LogP contribution in [-0.2, 0) is 0 Å². The molecular formula is C17H16BrN3. The van der Waals surface area contributed by atoms with Gasteiger partial charge in [-0.25, -0.2) is 0 Å². The first-order chi connectivity index (χ1) is 10.3. The molecule has 3 rings (SSSR count). The van der Waals surface area contributed by atoms with Gasteiger partial charge >= 0.3 is 0 Å². The van der Waals surface area contributed by atoms with Gasteiger partial charge < -0.3 is 11.1 Å². The second kappa shape index (κ2) is 6.24. The zero-order valence-corrected chi connectivity index (χ0v) is 13.0. The second-order valence-electron chi connectivity index (χ2n) is 4.89. The lowest BCUT2D eigenvalue weighted by Gasteiger charge is -2.20. The molecule has 0 saturated carbocycles. The zero-order valence-electron chi connectivity index (χ0n) is 11.5. The fourth-order valence-corrected chi connectivity index (χ4v) is 2.69. The van der Waals surface area contributed by atoms with E-state index in [1.54, 1.807) is 0 Å². The predicted molar refractivity (Wildman–Crippen MR) is 91.3 cm³/mol. The topological polar surface area (TPSA) is 50.9 Å². The Hall–Kier alpha value is -1.91. The monoisotopic (exact) mass is 341 g/mol. The molecule has 1 unspecified atom stereocenters. The summed E-state index contributed by atoms with van der Waals surface area (Å²) in [5.41, 5.74) is 8.14. The highest BCUT2D eigenvalue weighted by atomic mass is 79.9. The number of pyridine rings is 1. The minimum absolute atomic E-state index is 0.0322.